The van der Waals surface area contributed by atoms with E-state index in [4.69, 9.17) is 5.73 Å². The first-order valence-corrected chi connectivity index (χ1v) is 7.23. The zero-order chi connectivity index (χ0) is 14.7. The molecular weight excluding hydrogens is 264 g/mol. The molecule has 5 heteroatoms. The summed E-state index contributed by atoms with van der Waals surface area (Å²) in [5, 5.41) is 3.32. The molecule has 1 saturated carbocycles. The number of nitrogens with two attached hydrogens (primary N) is 1. The maximum atomic E-state index is 11.5. The number of carbonyl (C=O) groups excluding carboxylic acids is 1. The molecule has 1 fully saturated rings. The van der Waals surface area contributed by atoms with Crippen molar-refractivity contribution in [2.75, 3.05) is 5.32 Å². The molecule has 21 heavy (non-hydrogen) atoms. The Bertz CT molecular complexity index is 636. The average Bonchev–Trinajstić information content (AvgIpc) is 3.01. The highest BCUT2D eigenvalue weighted by atomic mass is 16.1. The first kappa shape index (κ1) is 13.5. The lowest BCUT2D eigenvalue weighted by Gasteiger charge is -2.13. The number of nitrogens with one attached hydrogen (secondary N) is 1. The Morgan fingerprint density at radius 2 is 1.86 bits per heavy atom. The highest BCUT2D eigenvalue weighted by Crippen LogP contribution is 2.23. The molecule has 1 heterocycles. The number of benzene rings is 1. The topological polar surface area (TPSA) is 80.9 Å². The van der Waals surface area contributed by atoms with Crippen LogP contribution >= 0.6 is 0 Å². The van der Waals surface area contributed by atoms with Gasteiger partial charge >= 0.3 is 0 Å². The van der Waals surface area contributed by atoms with Crippen LogP contribution in [0, 0.1) is 0 Å². The van der Waals surface area contributed by atoms with Gasteiger partial charge in [0.25, 0.3) is 5.91 Å². The minimum atomic E-state index is -0.538. The maximum absolute atomic E-state index is 11.5. The molecule has 0 unspecified atom stereocenters. The summed E-state index contributed by atoms with van der Waals surface area (Å²) >= 11 is 0. The van der Waals surface area contributed by atoms with E-state index in [1.807, 2.05) is 30.3 Å². The smallest absolute Gasteiger partial charge is 0.267 e. The van der Waals surface area contributed by atoms with Crippen molar-refractivity contribution in [2.45, 2.75) is 31.7 Å². The second kappa shape index (κ2) is 5.91. The number of anilines is 1. The Hall–Kier alpha value is -2.43. The Kier molecular flexibility index (Phi) is 3.81. The van der Waals surface area contributed by atoms with Gasteiger partial charge in [-0.3, -0.25) is 4.79 Å². The molecule has 108 valence electrons. The highest BCUT2D eigenvalue weighted by Gasteiger charge is 2.17. The molecule has 1 aliphatic carbocycles. The molecule has 1 aromatic heterocycles. The Morgan fingerprint density at radius 1 is 1.14 bits per heavy atom. The summed E-state index contributed by atoms with van der Waals surface area (Å²) in [5.74, 6) is -0.0545. The van der Waals surface area contributed by atoms with E-state index in [1.165, 1.54) is 12.8 Å². The van der Waals surface area contributed by atoms with E-state index >= 15 is 0 Å². The lowest BCUT2D eigenvalue weighted by atomic mass is 10.1. The lowest BCUT2D eigenvalue weighted by molar-refractivity contribution is 0.0995. The number of aromatic nitrogens is 2. The lowest BCUT2D eigenvalue weighted by Crippen LogP contribution is -2.20. The summed E-state index contributed by atoms with van der Waals surface area (Å²) < 4.78 is 0. The zero-order valence-electron chi connectivity index (χ0n) is 11.7. The summed E-state index contributed by atoms with van der Waals surface area (Å²) in [6, 6.07) is 11.7. The van der Waals surface area contributed by atoms with Crippen LogP contribution in [0.3, 0.4) is 0 Å². The maximum Gasteiger partial charge on any atom is 0.267 e. The SMILES string of the molecule is NC(=O)c1cc(-c2ccccc2)nc(NC2CCCC2)n1. The van der Waals surface area contributed by atoms with Crippen molar-refractivity contribution in [3.63, 3.8) is 0 Å². The molecule has 0 saturated heterocycles. The number of hydrogen-bond acceptors (Lipinski definition) is 4. The summed E-state index contributed by atoms with van der Waals surface area (Å²) in [6.07, 6.45) is 4.67. The first-order chi connectivity index (χ1) is 10.2. The number of rotatable bonds is 4. The third kappa shape index (κ3) is 3.18. The molecule has 0 aliphatic heterocycles. The summed E-state index contributed by atoms with van der Waals surface area (Å²) in [6.45, 7) is 0. The second-order valence-electron chi connectivity index (χ2n) is 5.32. The number of carbonyl (C=O) groups is 1. The predicted octanol–water partition coefficient (Wildman–Crippen LogP) is 2.60. The van der Waals surface area contributed by atoms with Crippen LogP contribution in [0.25, 0.3) is 11.3 Å². The minimum absolute atomic E-state index is 0.240. The third-order valence-electron chi connectivity index (χ3n) is 3.74. The van der Waals surface area contributed by atoms with Crippen molar-refractivity contribution < 1.29 is 4.79 Å². The van der Waals surface area contributed by atoms with E-state index in [0.29, 0.717) is 17.7 Å². The van der Waals surface area contributed by atoms with Crippen LogP contribution in [-0.4, -0.2) is 21.9 Å². The van der Waals surface area contributed by atoms with Crippen molar-refractivity contribution in [3.05, 3.63) is 42.1 Å². The highest BCUT2D eigenvalue weighted by molar-refractivity contribution is 5.92. The van der Waals surface area contributed by atoms with E-state index in [2.05, 4.69) is 15.3 Å². The van der Waals surface area contributed by atoms with Crippen LogP contribution in [-0.2, 0) is 0 Å². The third-order valence-corrected chi connectivity index (χ3v) is 3.74. The number of primary amides is 1. The van der Waals surface area contributed by atoms with Crippen LogP contribution in [0.15, 0.2) is 36.4 Å². The zero-order valence-corrected chi connectivity index (χ0v) is 11.7. The van der Waals surface area contributed by atoms with E-state index < -0.39 is 5.91 Å². The molecule has 5 nitrogen and oxygen atoms in total. The molecule has 1 amide bonds. The molecular formula is C16H18N4O. The molecule has 3 rings (SSSR count). The molecule has 3 N–H and O–H groups in total. The fourth-order valence-electron chi connectivity index (χ4n) is 2.65. The summed E-state index contributed by atoms with van der Waals surface area (Å²) in [4.78, 5) is 20.2. The Morgan fingerprint density at radius 3 is 2.52 bits per heavy atom. The second-order valence-corrected chi connectivity index (χ2v) is 5.32. The van der Waals surface area contributed by atoms with Gasteiger partial charge in [-0.1, -0.05) is 43.2 Å². The number of hydrogen-bond donors (Lipinski definition) is 2. The van der Waals surface area contributed by atoms with Crippen molar-refractivity contribution in [3.8, 4) is 11.3 Å². The minimum Gasteiger partial charge on any atom is -0.364 e. The van der Waals surface area contributed by atoms with Crippen molar-refractivity contribution in [2.24, 2.45) is 5.73 Å². The first-order valence-electron chi connectivity index (χ1n) is 7.23. The van der Waals surface area contributed by atoms with Crippen molar-refractivity contribution in [1.29, 1.82) is 0 Å². The van der Waals surface area contributed by atoms with Crippen LogP contribution in [0.1, 0.15) is 36.2 Å². The van der Waals surface area contributed by atoms with E-state index in [0.717, 1.165) is 18.4 Å². The molecule has 1 aliphatic rings. The molecule has 0 atom stereocenters. The quantitative estimate of drug-likeness (QED) is 0.903. The van der Waals surface area contributed by atoms with Gasteiger partial charge in [0.15, 0.2) is 0 Å². The molecule has 1 aromatic carbocycles. The monoisotopic (exact) mass is 282 g/mol. The van der Waals surface area contributed by atoms with Gasteiger partial charge < -0.3 is 11.1 Å². The van der Waals surface area contributed by atoms with Gasteiger partial charge in [-0.05, 0) is 18.9 Å². The van der Waals surface area contributed by atoms with E-state index in [-0.39, 0.29) is 5.69 Å². The standard InChI is InChI=1S/C16H18N4O/c17-15(21)14-10-13(11-6-2-1-3-7-11)19-16(20-14)18-12-8-4-5-9-12/h1-3,6-7,10,12H,4-5,8-9H2,(H2,17,21)(H,18,19,20). The fourth-order valence-corrected chi connectivity index (χ4v) is 2.65. The molecule has 0 spiro atoms. The predicted molar refractivity (Wildman–Crippen MR) is 81.9 cm³/mol. The number of nitrogens with zero attached hydrogens (tertiary/aromatic N) is 2. The molecule has 2 aromatic rings. The van der Waals surface area contributed by atoms with E-state index in [9.17, 15) is 4.79 Å². The van der Waals surface area contributed by atoms with Gasteiger partial charge in [-0.15, -0.1) is 0 Å². The van der Waals surface area contributed by atoms with Gasteiger partial charge in [0, 0.05) is 11.6 Å². The Labute approximate surface area is 123 Å². The summed E-state index contributed by atoms with van der Waals surface area (Å²) in [5.41, 5.74) is 7.27. The summed E-state index contributed by atoms with van der Waals surface area (Å²) in [7, 11) is 0. The van der Waals surface area contributed by atoms with Gasteiger partial charge in [0.2, 0.25) is 5.95 Å². The van der Waals surface area contributed by atoms with Gasteiger partial charge in [-0.25, -0.2) is 9.97 Å². The molecule has 0 radical (unpaired) electrons. The Balaban J connectivity index is 1.95. The fraction of sp³-hybridized carbons (Fsp3) is 0.312. The van der Waals surface area contributed by atoms with Crippen LogP contribution in [0.5, 0.6) is 0 Å². The van der Waals surface area contributed by atoms with E-state index in [1.54, 1.807) is 6.07 Å². The van der Waals surface area contributed by atoms with Crippen LogP contribution in [0.2, 0.25) is 0 Å². The average molecular weight is 282 g/mol. The normalized spacial score (nSPS) is 15.0. The van der Waals surface area contributed by atoms with Gasteiger partial charge in [0.1, 0.15) is 5.69 Å². The van der Waals surface area contributed by atoms with Crippen LogP contribution in [0.4, 0.5) is 5.95 Å². The van der Waals surface area contributed by atoms with Crippen molar-refractivity contribution >= 4 is 11.9 Å². The largest absolute Gasteiger partial charge is 0.364 e. The van der Waals surface area contributed by atoms with Gasteiger partial charge in [0.05, 0.1) is 5.69 Å². The molecule has 0 bridgehead atoms. The van der Waals surface area contributed by atoms with Crippen LogP contribution < -0.4 is 11.1 Å². The van der Waals surface area contributed by atoms with Crippen molar-refractivity contribution in [1.82, 2.24) is 9.97 Å². The van der Waals surface area contributed by atoms with Gasteiger partial charge in [-0.2, -0.15) is 0 Å². The number of amides is 1.